The number of carbonyl (C=O) groups excluding carboxylic acids is 4. The minimum atomic E-state index is -4.95. The van der Waals surface area contributed by atoms with Gasteiger partial charge in [0, 0.05) is 25.7 Å². The molecule has 0 aromatic carbocycles. The van der Waals surface area contributed by atoms with Crippen molar-refractivity contribution in [1.29, 1.82) is 0 Å². The van der Waals surface area contributed by atoms with Gasteiger partial charge in [-0.2, -0.15) is 0 Å². The number of hydrogen-bond donors (Lipinski definition) is 3. The van der Waals surface area contributed by atoms with Crippen molar-refractivity contribution in [1.82, 2.24) is 0 Å². The van der Waals surface area contributed by atoms with Gasteiger partial charge >= 0.3 is 39.5 Å². The molecule has 19 heteroatoms. The number of aliphatic hydroxyl groups excluding tert-OH is 1. The molecule has 0 aliphatic rings. The molecule has 0 saturated heterocycles. The monoisotopic (exact) mass is 1380 g/mol. The summed E-state index contributed by atoms with van der Waals surface area (Å²) in [6.07, 6.45) is 59.7. The van der Waals surface area contributed by atoms with Crippen LogP contribution in [0, 0.1) is 0 Å². The number of aliphatic hydroxyl groups is 1. The number of esters is 4. The highest BCUT2D eigenvalue weighted by atomic mass is 31.2. The van der Waals surface area contributed by atoms with Gasteiger partial charge in [0.1, 0.15) is 19.3 Å². The summed E-state index contributed by atoms with van der Waals surface area (Å²) in [5, 5.41) is 10.6. The highest BCUT2D eigenvalue weighted by Crippen LogP contribution is 2.45. The van der Waals surface area contributed by atoms with E-state index in [0.29, 0.717) is 25.7 Å². The molecule has 5 atom stereocenters. The molecule has 3 N–H and O–H groups in total. The molecule has 0 aromatic heterocycles. The molecular formula is C75H146O17P2. The van der Waals surface area contributed by atoms with Crippen LogP contribution in [0.15, 0.2) is 0 Å². The standard InChI is InChI=1S/C75H146O17P2/c1-5-9-13-17-21-24-27-30-32-34-35-37-40-43-46-50-54-58-62-75(80)92-71(66-86-73(78)60-56-52-48-44-41-39-36-33-31-28-25-22-18-14-10-6-2)68-90-94(83,84)88-64-69(76)63-87-93(81,82)89-67-70(65-85-72(77)59-55-51-47-20-16-12-8-4)91-74(79)61-57-53-49-45-42-38-29-26-23-19-15-11-7-3/h69-71,76H,5-68H2,1-4H3,(H,81,82)(H,83,84)/t69-,70+,71+/m0/s1. The van der Waals surface area contributed by atoms with Crippen molar-refractivity contribution in [3.63, 3.8) is 0 Å². The van der Waals surface area contributed by atoms with Crippen molar-refractivity contribution in [2.24, 2.45) is 0 Å². The number of phosphoric ester groups is 2. The Kier molecular flexibility index (Phi) is 68.1. The van der Waals surface area contributed by atoms with E-state index in [2.05, 4.69) is 27.7 Å². The minimum Gasteiger partial charge on any atom is -0.462 e. The summed E-state index contributed by atoms with van der Waals surface area (Å²) in [5.41, 5.74) is 0. The van der Waals surface area contributed by atoms with Gasteiger partial charge in [-0.1, -0.05) is 349 Å². The van der Waals surface area contributed by atoms with Crippen molar-refractivity contribution in [3.8, 4) is 0 Å². The van der Waals surface area contributed by atoms with Crippen molar-refractivity contribution >= 4 is 39.5 Å². The summed E-state index contributed by atoms with van der Waals surface area (Å²) < 4.78 is 68.4. The number of unbranched alkanes of at least 4 members (excludes halogenated alkanes) is 50. The summed E-state index contributed by atoms with van der Waals surface area (Å²) in [5.74, 6) is -2.12. The Balaban J connectivity index is 5.19. The zero-order chi connectivity index (χ0) is 69.0. The van der Waals surface area contributed by atoms with E-state index in [1.165, 1.54) is 218 Å². The van der Waals surface area contributed by atoms with Crippen molar-refractivity contribution in [3.05, 3.63) is 0 Å². The lowest BCUT2D eigenvalue weighted by molar-refractivity contribution is -0.161. The summed E-state index contributed by atoms with van der Waals surface area (Å²) in [6, 6.07) is 0. The Labute approximate surface area is 575 Å². The van der Waals surface area contributed by atoms with Gasteiger partial charge in [-0.25, -0.2) is 9.13 Å². The van der Waals surface area contributed by atoms with Crippen LogP contribution >= 0.6 is 15.6 Å². The SMILES string of the molecule is CCCCCCCCCCCCCCCCCCCCC(=O)O[C@H](COC(=O)CCCCCCCCCCCCCCCCCC)COP(=O)(O)OC[C@@H](O)COP(=O)(O)OC[C@@H](COC(=O)CCCCCCCCC)OC(=O)CCCCCCCCCCCCCCC. The lowest BCUT2D eigenvalue weighted by atomic mass is 10.0. The molecule has 0 rings (SSSR count). The first-order valence-electron chi connectivity index (χ1n) is 39.3. The van der Waals surface area contributed by atoms with E-state index >= 15 is 0 Å². The van der Waals surface area contributed by atoms with Crippen molar-refractivity contribution in [2.75, 3.05) is 39.6 Å². The van der Waals surface area contributed by atoms with Gasteiger partial charge in [0.05, 0.1) is 26.4 Å². The average Bonchev–Trinajstić information content (AvgIpc) is 1.46. The summed E-state index contributed by atoms with van der Waals surface area (Å²) in [7, 11) is -9.90. The number of carbonyl (C=O) groups is 4. The number of ether oxygens (including phenoxy) is 4. The molecule has 0 fully saturated rings. The number of hydrogen-bond acceptors (Lipinski definition) is 15. The van der Waals surface area contributed by atoms with E-state index in [0.717, 1.165) is 103 Å². The zero-order valence-corrected chi connectivity index (χ0v) is 62.7. The van der Waals surface area contributed by atoms with Crippen LogP contribution in [0.25, 0.3) is 0 Å². The van der Waals surface area contributed by atoms with Gasteiger partial charge in [-0.15, -0.1) is 0 Å². The molecule has 17 nitrogen and oxygen atoms in total. The van der Waals surface area contributed by atoms with Crippen LogP contribution < -0.4 is 0 Å². The molecule has 0 aromatic rings. The third-order valence-corrected chi connectivity index (χ3v) is 19.5. The Morgan fingerprint density at radius 1 is 0.255 bits per heavy atom. The first kappa shape index (κ1) is 92.1. The minimum absolute atomic E-state index is 0.108. The topological polar surface area (TPSA) is 237 Å². The molecule has 0 aliphatic carbocycles. The van der Waals surface area contributed by atoms with Crippen molar-refractivity contribution in [2.45, 2.75) is 418 Å². The van der Waals surface area contributed by atoms with Gasteiger partial charge in [-0.05, 0) is 25.7 Å². The maximum atomic E-state index is 13.1. The smallest absolute Gasteiger partial charge is 0.462 e. The summed E-state index contributed by atoms with van der Waals surface area (Å²) in [4.78, 5) is 72.6. The Morgan fingerprint density at radius 2 is 0.426 bits per heavy atom. The maximum Gasteiger partial charge on any atom is 0.472 e. The second kappa shape index (κ2) is 69.5. The highest BCUT2D eigenvalue weighted by Gasteiger charge is 2.30. The van der Waals surface area contributed by atoms with Crippen LogP contribution in [0.2, 0.25) is 0 Å². The van der Waals surface area contributed by atoms with Crippen LogP contribution in [0.4, 0.5) is 0 Å². The molecule has 0 spiro atoms. The lowest BCUT2D eigenvalue weighted by Crippen LogP contribution is -2.30. The van der Waals surface area contributed by atoms with Crippen LogP contribution in [0.1, 0.15) is 400 Å². The second-order valence-corrected chi connectivity index (χ2v) is 29.9. The zero-order valence-electron chi connectivity index (χ0n) is 60.9. The van der Waals surface area contributed by atoms with E-state index in [1.807, 2.05) is 0 Å². The molecule has 0 bridgehead atoms. The predicted molar refractivity (Wildman–Crippen MR) is 382 cm³/mol. The van der Waals surface area contributed by atoms with Gasteiger partial charge in [0.25, 0.3) is 0 Å². The van der Waals surface area contributed by atoms with E-state index in [4.69, 9.17) is 37.0 Å². The molecule has 2 unspecified atom stereocenters. The summed E-state index contributed by atoms with van der Waals surface area (Å²) >= 11 is 0. The van der Waals surface area contributed by atoms with Crippen LogP contribution in [-0.2, 0) is 65.4 Å². The molecule has 0 heterocycles. The van der Waals surface area contributed by atoms with E-state index in [9.17, 15) is 43.2 Å². The van der Waals surface area contributed by atoms with Crippen LogP contribution in [0.5, 0.6) is 0 Å². The predicted octanol–water partition coefficient (Wildman–Crippen LogP) is 22.2. The van der Waals surface area contributed by atoms with E-state index in [1.54, 1.807) is 0 Å². The van der Waals surface area contributed by atoms with E-state index in [-0.39, 0.29) is 25.7 Å². The maximum absolute atomic E-state index is 13.1. The van der Waals surface area contributed by atoms with E-state index < -0.39 is 97.5 Å². The van der Waals surface area contributed by atoms with Crippen molar-refractivity contribution < 1.29 is 80.2 Å². The van der Waals surface area contributed by atoms with Gasteiger partial charge in [0.15, 0.2) is 12.2 Å². The summed E-state index contributed by atoms with van der Waals surface area (Å²) in [6.45, 7) is 4.95. The first-order valence-corrected chi connectivity index (χ1v) is 42.3. The molecular weight excluding hydrogens is 1230 g/mol. The largest absolute Gasteiger partial charge is 0.472 e. The second-order valence-electron chi connectivity index (χ2n) is 27.0. The molecule has 558 valence electrons. The highest BCUT2D eigenvalue weighted by molar-refractivity contribution is 7.47. The third kappa shape index (κ3) is 68.6. The van der Waals surface area contributed by atoms with Gasteiger partial charge < -0.3 is 33.8 Å². The number of phosphoric acid groups is 2. The van der Waals surface area contributed by atoms with Gasteiger partial charge in [-0.3, -0.25) is 37.3 Å². The van der Waals surface area contributed by atoms with Gasteiger partial charge in [0.2, 0.25) is 0 Å². The van der Waals surface area contributed by atoms with Crippen LogP contribution in [0.3, 0.4) is 0 Å². The quantitative estimate of drug-likeness (QED) is 0.0222. The molecule has 0 radical (unpaired) electrons. The third-order valence-electron chi connectivity index (χ3n) is 17.6. The fraction of sp³-hybridized carbons (Fsp3) is 0.947. The Hall–Kier alpha value is -1.94. The normalized spacial score (nSPS) is 13.9. The fourth-order valence-electron chi connectivity index (χ4n) is 11.6. The number of rotatable bonds is 76. The Bertz CT molecular complexity index is 1790. The Morgan fingerprint density at radius 3 is 0.628 bits per heavy atom. The van der Waals surface area contributed by atoms with Crippen LogP contribution in [-0.4, -0.2) is 96.7 Å². The molecule has 0 amide bonds. The average molecular weight is 1380 g/mol. The lowest BCUT2D eigenvalue weighted by Gasteiger charge is -2.21. The first-order chi connectivity index (χ1) is 45.7. The fourth-order valence-corrected chi connectivity index (χ4v) is 13.2. The molecule has 0 aliphatic heterocycles. The molecule has 0 saturated carbocycles. The molecule has 94 heavy (non-hydrogen) atoms.